The van der Waals surface area contributed by atoms with Crippen LogP contribution in [0.15, 0.2) is 36.7 Å². The summed E-state index contributed by atoms with van der Waals surface area (Å²) in [6.45, 7) is 3.91. The summed E-state index contributed by atoms with van der Waals surface area (Å²) in [7, 11) is 0. The number of nitrogens with one attached hydrogen (secondary N) is 2. The molecule has 1 aromatic heterocycles. The molecule has 2 aromatic rings. The molecule has 3 rings (SSSR count). The second kappa shape index (κ2) is 7.42. The van der Waals surface area contributed by atoms with Crippen LogP contribution in [-0.2, 0) is 0 Å². The van der Waals surface area contributed by atoms with Crippen LogP contribution in [0.2, 0.25) is 0 Å². The molecule has 6 heteroatoms. The van der Waals surface area contributed by atoms with E-state index in [0.29, 0.717) is 5.56 Å². The number of hydrogen-bond acceptors (Lipinski definition) is 3. The maximum atomic E-state index is 12.2. The first-order valence-corrected chi connectivity index (χ1v) is 7.36. The zero-order valence-electron chi connectivity index (χ0n) is 12.6. The molecule has 2 heterocycles. The molecule has 2 N–H and O–H groups in total. The van der Waals surface area contributed by atoms with Crippen LogP contribution in [0, 0.1) is 6.92 Å². The molecular formula is C16H21ClN4O. The number of aryl methyl sites for hydroxylation is 1. The Kier molecular flexibility index (Phi) is 5.57. The monoisotopic (exact) mass is 320 g/mol. The SMILES string of the molecule is Cc1cnn(-c2ccc(C(=O)NC3CCCNC3)cc2)c1.Cl. The summed E-state index contributed by atoms with van der Waals surface area (Å²) < 4.78 is 1.81. The topological polar surface area (TPSA) is 59.0 Å². The summed E-state index contributed by atoms with van der Waals surface area (Å²) in [6.07, 6.45) is 5.94. The standard InChI is InChI=1S/C16H20N4O.ClH/c1-12-9-18-20(11-12)15-6-4-13(5-7-15)16(21)19-14-3-2-8-17-10-14;/h4-7,9,11,14,17H,2-3,8,10H2,1H3,(H,19,21);1H. The van der Waals surface area contributed by atoms with Crippen molar-refractivity contribution in [2.45, 2.75) is 25.8 Å². The zero-order chi connectivity index (χ0) is 14.7. The first-order valence-electron chi connectivity index (χ1n) is 7.36. The summed E-state index contributed by atoms with van der Waals surface area (Å²) in [5, 5.41) is 10.6. The normalized spacial score (nSPS) is 17.6. The Morgan fingerprint density at radius 1 is 1.36 bits per heavy atom. The zero-order valence-corrected chi connectivity index (χ0v) is 13.4. The fourth-order valence-corrected chi connectivity index (χ4v) is 2.56. The lowest BCUT2D eigenvalue weighted by Crippen LogP contribution is -2.45. The van der Waals surface area contributed by atoms with E-state index < -0.39 is 0 Å². The number of carbonyl (C=O) groups is 1. The maximum Gasteiger partial charge on any atom is 0.251 e. The van der Waals surface area contributed by atoms with E-state index in [1.807, 2.05) is 48.3 Å². The van der Waals surface area contributed by atoms with Gasteiger partial charge in [0.1, 0.15) is 0 Å². The fourth-order valence-electron chi connectivity index (χ4n) is 2.56. The number of hydrogen-bond donors (Lipinski definition) is 2. The second-order valence-electron chi connectivity index (χ2n) is 5.53. The molecule has 1 unspecified atom stereocenters. The number of rotatable bonds is 3. The third kappa shape index (κ3) is 3.87. The van der Waals surface area contributed by atoms with Gasteiger partial charge in [0.2, 0.25) is 0 Å². The Morgan fingerprint density at radius 3 is 2.73 bits per heavy atom. The molecule has 1 amide bonds. The molecule has 1 aromatic carbocycles. The number of piperidine rings is 1. The van der Waals surface area contributed by atoms with Crippen LogP contribution >= 0.6 is 12.4 Å². The van der Waals surface area contributed by atoms with Crippen LogP contribution in [0.3, 0.4) is 0 Å². The smallest absolute Gasteiger partial charge is 0.251 e. The summed E-state index contributed by atoms with van der Waals surface area (Å²) in [4.78, 5) is 12.2. The van der Waals surface area contributed by atoms with E-state index in [1.165, 1.54) is 0 Å². The number of halogens is 1. The minimum absolute atomic E-state index is 0. The molecule has 5 nitrogen and oxygen atoms in total. The molecule has 22 heavy (non-hydrogen) atoms. The number of aromatic nitrogens is 2. The molecule has 1 fully saturated rings. The highest BCUT2D eigenvalue weighted by Gasteiger charge is 2.16. The number of carbonyl (C=O) groups excluding carboxylic acids is 1. The van der Waals surface area contributed by atoms with Crippen LogP contribution in [0.1, 0.15) is 28.8 Å². The van der Waals surface area contributed by atoms with Gasteiger partial charge in [0.15, 0.2) is 0 Å². The molecule has 0 bridgehead atoms. The highest BCUT2D eigenvalue weighted by atomic mass is 35.5. The van der Waals surface area contributed by atoms with E-state index in [4.69, 9.17) is 0 Å². The summed E-state index contributed by atoms with van der Waals surface area (Å²) in [6, 6.07) is 7.76. The Labute approximate surface area is 136 Å². The van der Waals surface area contributed by atoms with E-state index in [-0.39, 0.29) is 24.4 Å². The first-order chi connectivity index (χ1) is 10.2. The third-order valence-corrected chi connectivity index (χ3v) is 3.74. The van der Waals surface area contributed by atoms with Gasteiger partial charge in [0.25, 0.3) is 5.91 Å². The molecular weight excluding hydrogens is 300 g/mol. The predicted molar refractivity (Wildman–Crippen MR) is 88.9 cm³/mol. The average Bonchev–Trinajstić information content (AvgIpc) is 2.95. The van der Waals surface area contributed by atoms with E-state index in [1.54, 1.807) is 0 Å². The van der Waals surface area contributed by atoms with Gasteiger partial charge in [-0.1, -0.05) is 0 Å². The number of benzene rings is 1. The number of nitrogens with zero attached hydrogens (tertiary/aromatic N) is 2. The van der Waals surface area contributed by atoms with Gasteiger partial charge in [-0.3, -0.25) is 4.79 Å². The van der Waals surface area contributed by atoms with Gasteiger partial charge in [-0.2, -0.15) is 5.10 Å². The highest BCUT2D eigenvalue weighted by molar-refractivity contribution is 5.94. The van der Waals surface area contributed by atoms with Gasteiger partial charge in [-0.15, -0.1) is 12.4 Å². The van der Waals surface area contributed by atoms with E-state index in [2.05, 4.69) is 15.7 Å². The van der Waals surface area contributed by atoms with Gasteiger partial charge in [-0.05, 0) is 56.1 Å². The lowest BCUT2D eigenvalue weighted by molar-refractivity contribution is 0.0930. The Balaban J connectivity index is 0.00000176. The third-order valence-electron chi connectivity index (χ3n) is 3.74. The van der Waals surface area contributed by atoms with Crippen LogP contribution in [0.4, 0.5) is 0 Å². The predicted octanol–water partition coefficient (Wildman–Crippen LogP) is 2.08. The second-order valence-corrected chi connectivity index (χ2v) is 5.53. The maximum absolute atomic E-state index is 12.2. The molecule has 1 aliphatic heterocycles. The van der Waals surface area contributed by atoms with Crippen LogP contribution in [-0.4, -0.2) is 34.8 Å². The molecule has 1 atom stereocenters. The lowest BCUT2D eigenvalue weighted by Gasteiger charge is -2.23. The fraction of sp³-hybridized carbons (Fsp3) is 0.375. The van der Waals surface area contributed by atoms with Crippen LogP contribution < -0.4 is 10.6 Å². The van der Waals surface area contributed by atoms with Gasteiger partial charge >= 0.3 is 0 Å². The van der Waals surface area contributed by atoms with Gasteiger partial charge in [-0.25, -0.2) is 4.68 Å². The molecule has 0 radical (unpaired) electrons. The van der Waals surface area contributed by atoms with Gasteiger partial charge < -0.3 is 10.6 Å². The lowest BCUT2D eigenvalue weighted by atomic mass is 10.1. The van der Waals surface area contributed by atoms with Crippen LogP contribution in [0.25, 0.3) is 5.69 Å². The molecule has 0 spiro atoms. The molecule has 0 saturated carbocycles. The molecule has 0 aliphatic carbocycles. The van der Waals surface area contributed by atoms with Crippen molar-refractivity contribution in [3.05, 3.63) is 47.8 Å². The minimum Gasteiger partial charge on any atom is -0.348 e. The summed E-state index contributed by atoms with van der Waals surface area (Å²) >= 11 is 0. The van der Waals surface area contributed by atoms with Gasteiger partial charge in [0.05, 0.1) is 11.9 Å². The average molecular weight is 321 g/mol. The molecule has 118 valence electrons. The molecule has 1 saturated heterocycles. The highest BCUT2D eigenvalue weighted by Crippen LogP contribution is 2.11. The van der Waals surface area contributed by atoms with Crippen molar-refractivity contribution in [3.63, 3.8) is 0 Å². The van der Waals surface area contributed by atoms with E-state index >= 15 is 0 Å². The van der Waals surface area contributed by atoms with Crippen molar-refractivity contribution in [2.75, 3.05) is 13.1 Å². The van der Waals surface area contributed by atoms with Crippen LogP contribution in [0.5, 0.6) is 0 Å². The van der Waals surface area contributed by atoms with Gasteiger partial charge in [0, 0.05) is 24.3 Å². The largest absolute Gasteiger partial charge is 0.348 e. The molecule has 1 aliphatic rings. The Bertz CT molecular complexity index is 617. The van der Waals surface area contributed by atoms with E-state index in [9.17, 15) is 4.79 Å². The Morgan fingerprint density at radius 2 is 2.14 bits per heavy atom. The summed E-state index contributed by atoms with van der Waals surface area (Å²) in [5.41, 5.74) is 2.76. The summed E-state index contributed by atoms with van der Waals surface area (Å²) in [5.74, 6) is -0.00750. The van der Waals surface area contributed by atoms with Crippen molar-refractivity contribution in [3.8, 4) is 5.69 Å². The van der Waals surface area contributed by atoms with Crippen molar-refractivity contribution >= 4 is 18.3 Å². The first kappa shape index (κ1) is 16.5. The van der Waals surface area contributed by atoms with Crippen molar-refractivity contribution in [2.24, 2.45) is 0 Å². The van der Waals surface area contributed by atoms with Crippen molar-refractivity contribution in [1.82, 2.24) is 20.4 Å². The number of amides is 1. The quantitative estimate of drug-likeness (QED) is 0.910. The Hall–Kier alpha value is -1.85. The van der Waals surface area contributed by atoms with Crippen molar-refractivity contribution < 1.29 is 4.79 Å². The van der Waals surface area contributed by atoms with Crippen molar-refractivity contribution in [1.29, 1.82) is 0 Å². The van der Waals surface area contributed by atoms with E-state index in [0.717, 1.165) is 37.2 Å². The minimum atomic E-state index is -0.00750.